The van der Waals surface area contributed by atoms with Gasteiger partial charge < -0.3 is 10.1 Å². The van der Waals surface area contributed by atoms with E-state index in [-0.39, 0.29) is 0 Å². The molecule has 0 saturated heterocycles. The molecule has 1 aromatic carbocycles. The fraction of sp³-hybridized carbons (Fsp3) is 0.0909. The van der Waals surface area contributed by atoms with E-state index in [4.69, 9.17) is 4.74 Å². The average molecular weight is 438 g/mol. The zero-order chi connectivity index (χ0) is 13.1. The normalized spacial score (nSPS) is 10.2. The molecule has 0 saturated carbocycles. The second-order valence-corrected chi connectivity index (χ2v) is 5.92. The van der Waals surface area contributed by atoms with Gasteiger partial charge >= 0.3 is 0 Å². The molecule has 0 bridgehead atoms. The Morgan fingerprint density at radius 1 is 1.17 bits per heavy atom. The van der Waals surface area contributed by atoms with Crippen LogP contribution >= 0.6 is 47.8 Å². The summed E-state index contributed by atoms with van der Waals surface area (Å²) in [6, 6.07) is 5.80. The van der Waals surface area contributed by atoms with Crippen molar-refractivity contribution in [3.63, 3.8) is 0 Å². The lowest BCUT2D eigenvalue weighted by molar-refractivity contribution is 0.394. The second kappa shape index (κ2) is 5.99. The van der Waals surface area contributed by atoms with Gasteiger partial charge in [0.15, 0.2) is 0 Å². The number of benzene rings is 1. The van der Waals surface area contributed by atoms with Crippen LogP contribution in [0.3, 0.4) is 0 Å². The summed E-state index contributed by atoms with van der Waals surface area (Å²) in [5, 5.41) is 3.11. The monoisotopic (exact) mass is 435 g/mol. The number of hydrogen-bond acceptors (Lipinski definition) is 4. The SMILES string of the molecule is COc1nc(Nc2ccc(Br)cc2Br)ncc1Br. The zero-order valence-corrected chi connectivity index (χ0v) is 14.0. The Balaban J connectivity index is 2.28. The summed E-state index contributed by atoms with van der Waals surface area (Å²) in [4.78, 5) is 8.39. The molecule has 0 atom stereocenters. The first kappa shape index (κ1) is 13.8. The van der Waals surface area contributed by atoms with Gasteiger partial charge in [-0.3, -0.25) is 0 Å². The van der Waals surface area contributed by atoms with Crippen molar-refractivity contribution in [1.29, 1.82) is 0 Å². The van der Waals surface area contributed by atoms with Crippen molar-refractivity contribution in [1.82, 2.24) is 9.97 Å². The third kappa shape index (κ3) is 3.21. The molecule has 1 aromatic heterocycles. The van der Waals surface area contributed by atoms with Crippen molar-refractivity contribution in [2.24, 2.45) is 0 Å². The van der Waals surface area contributed by atoms with Crippen molar-refractivity contribution in [2.45, 2.75) is 0 Å². The maximum Gasteiger partial charge on any atom is 0.232 e. The molecule has 0 aliphatic rings. The highest BCUT2D eigenvalue weighted by atomic mass is 79.9. The van der Waals surface area contributed by atoms with Crippen LogP contribution in [-0.4, -0.2) is 17.1 Å². The molecule has 0 radical (unpaired) electrons. The molecule has 1 N–H and O–H groups in total. The fourth-order valence-electron chi connectivity index (χ4n) is 1.27. The molecule has 2 rings (SSSR count). The smallest absolute Gasteiger partial charge is 0.232 e. The van der Waals surface area contributed by atoms with Crippen LogP contribution in [0, 0.1) is 0 Å². The summed E-state index contributed by atoms with van der Waals surface area (Å²) in [6.45, 7) is 0. The molecule has 0 spiro atoms. The summed E-state index contributed by atoms with van der Waals surface area (Å²) < 4.78 is 7.74. The predicted octanol–water partition coefficient (Wildman–Crippen LogP) is 4.52. The summed E-state index contributed by atoms with van der Waals surface area (Å²) >= 11 is 10.2. The minimum absolute atomic E-state index is 0.470. The quantitative estimate of drug-likeness (QED) is 0.767. The number of nitrogens with zero attached hydrogens (tertiary/aromatic N) is 2. The lowest BCUT2D eigenvalue weighted by atomic mass is 10.3. The van der Waals surface area contributed by atoms with Crippen LogP contribution in [0.15, 0.2) is 37.8 Å². The highest BCUT2D eigenvalue weighted by molar-refractivity contribution is 9.11. The molecule has 1 heterocycles. The topological polar surface area (TPSA) is 47.0 Å². The van der Waals surface area contributed by atoms with Crippen LogP contribution in [0.25, 0.3) is 0 Å². The Bertz CT molecular complexity index is 577. The van der Waals surface area contributed by atoms with Crippen molar-refractivity contribution < 1.29 is 4.74 Å². The predicted molar refractivity (Wildman–Crippen MR) is 81.4 cm³/mol. The van der Waals surface area contributed by atoms with Gasteiger partial charge in [-0.05, 0) is 50.1 Å². The third-order valence-electron chi connectivity index (χ3n) is 2.08. The first-order valence-corrected chi connectivity index (χ1v) is 7.26. The van der Waals surface area contributed by atoms with Gasteiger partial charge in [-0.25, -0.2) is 4.98 Å². The van der Waals surface area contributed by atoms with Crippen molar-refractivity contribution in [3.05, 3.63) is 37.8 Å². The molecule has 2 aromatic rings. The lowest BCUT2D eigenvalue weighted by Gasteiger charge is -2.09. The standard InChI is InChI=1S/C11H8Br3N3O/c1-18-10-8(14)5-15-11(17-10)16-9-3-2-6(12)4-7(9)13/h2-5H,1H3,(H,15,16,17). The van der Waals surface area contributed by atoms with Gasteiger partial charge in [0.05, 0.1) is 23.5 Å². The van der Waals surface area contributed by atoms with Crippen molar-refractivity contribution in [2.75, 3.05) is 12.4 Å². The first-order valence-electron chi connectivity index (χ1n) is 4.89. The van der Waals surface area contributed by atoms with Gasteiger partial charge in [-0.2, -0.15) is 4.98 Å². The number of methoxy groups -OCH3 is 1. The average Bonchev–Trinajstić information content (AvgIpc) is 2.35. The van der Waals surface area contributed by atoms with Gasteiger partial charge in [0, 0.05) is 8.95 Å². The molecular weight excluding hydrogens is 430 g/mol. The number of halogens is 3. The van der Waals surface area contributed by atoms with Gasteiger partial charge in [-0.1, -0.05) is 15.9 Å². The van der Waals surface area contributed by atoms with E-state index in [2.05, 4.69) is 63.1 Å². The van der Waals surface area contributed by atoms with Gasteiger partial charge in [0.1, 0.15) is 0 Å². The van der Waals surface area contributed by atoms with E-state index >= 15 is 0 Å². The van der Waals surface area contributed by atoms with E-state index in [9.17, 15) is 0 Å². The fourth-order valence-corrected chi connectivity index (χ4v) is 2.77. The van der Waals surface area contributed by atoms with Crippen LogP contribution in [-0.2, 0) is 0 Å². The van der Waals surface area contributed by atoms with Crippen LogP contribution < -0.4 is 10.1 Å². The summed E-state index contributed by atoms with van der Waals surface area (Å²) in [5.74, 6) is 0.957. The molecule has 0 amide bonds. The van der Waals surface area contributed by atoms with E-state index in [1.807, 2.05) is 18.2 Å². The minimum Gasteiger partial charge on any atom is -0.480 e. The number of anilines is 2. The number of ether oxygens (including phenoxy) is 1. The van der Waals surface area contributed by atoms with E-state index in [1.54, 1.807) is 13.3 Å². The molecule has 0 aliphatic heterocycles. The Morgan fingerprint density at radius 2 is 1.94 bits per heavy atom. The van der Waals surface area contributed by atoms with E-state index in [0.29, 0.717) is 16.3 Å². The Morgan fingerprint density at radius 3 is 2.61 bits per heavy atom. The van der Waals surface area contributed by atoms with Crippen LogP contribution in [0.2, 0.25) is 0 Å². The molecule has 7 heteroatoms. The number of hydrogen-bond donors (Lipinski definition) is 1. The largest absolute Gasteiger partial charge is 0.480 e. The molecule has 0 unspecified atom stereocenters. The first-order chi connectivity index (χ1) is 8.60. The molecular formula is C11H8Br3N3O. The Labute approximate surface area is 130 Å². The zero-order valence-electron chi connectivity index (χ0n) is 9.25. The maximum absolute atomic E-state index is 5.12. The summed E-state index contributed by atoms with van der Waals surface area (Å²) in [6.07, 6.45) is 1.64. The Kier molecular flexibility index (Phi) is 4.58. The van der Waals surface area contributed by atoms with Crippen molar-refractivity contribution in [3.8, 4) is 5.88 Å². The second-order valence-electron chi connectivity index (χ2n) is 3.30. The van der Waals surface area contributed by atoms with Crippen LogP contribution in [0.4, 0.5) is 11.6 Å². The highest BCUT2D eigenvalue weighted by Crippen LogP contribution is 2.29. The van der Waals surface area contributed by atoms with Gasteiger partial charge in [-0.15, -0.1) is 0 Å². The van der Waals surface area contributed by atoms with Gasteiger partial charge in [0.2, 0.25) is 11.8 Å². The molecule has 4 nitrogen and oxygen atoms in total. The van der Waals surface area contributed by atoms with Crippen LogP contribution in [0.5, 0.6) is 5.88 Å². The number of rotatable bonds is 3. The lowest BCUT2D eigenvalue weighted by Crippen LogP contribution is -1.99. The third-order valence-corrected chi connectivity index (χ3v) is 3.78. The molecule has 94 valence electrons. The van der Waals surface area contributed by atoms with E-state index in [1.165, 1.54) is 0 Å². The number of nitrogens with one attached hydrogen (secondary N) is 1. The van der Waals surface area contributed by atoms with Crippen molar-refractivity contribution >= 4 is 59.4 Å². The van der Waals surface area contributed by atoms with E-state index in [0.717, 1.165) is 14.6 Å². The molecule has 0 fully saturated rings. The van der Waals surface area contributed by atoms with Gasteiger partial charge in [0.25, 0.3) is 0 Å². The summed E-state index contributed by atoms with van der Waals surface area (Å²) in [7, 11) is 1.56. The summed E-state index contributed by atoms with van der Waals surface area (Å²) in [5.41, 5.74) is 0.877. The number of aromatic nitrogens is 2. The Hall–Kier alpha value is -0.660. The van der Waals surface area contributed by atoms with E-state index < -0.39 is 0 Å². The minimum atomic E-state index is 0.470. The molecule has 18 heavy (non-hydrogen) atoms. The molecule has 0 aliphatic carbocycles. The highest BCUT2D eigenvalue weighted by Gasteiger charge is 2.07. The van der Waals surface area contributed by atoms with Crippen LogP contribution in [0.1, 0.15) is 0 Å². The maximum atomic E-state index is 5.12.